The van der Waals surface area contributed by atoms with Crippen molar-refractivity contribution in [3.05, 3.63) is 30.3 Å². The summed E-state index contributed by atoms with van der Waals surface area (Å²) in [7, 11) is 0. The van der Waals surface area contributed by atoms with Crippen molar-refractivity contribution in [2.75, 3.05) is 37.6 Å². The molecule has 146 valence electrons. The third-order valence-electron chi connectivity index (χ3n) is 6.86. The molecule has 2 heterocycles. The zero-order valence-electron chi connectivity index (χ0n) is 15.8. The van der Waals surface area contributed by atoms with E-state index in [0.717, 1.165) is 38.8 Å². The van der Waals surface area contributed by atoms with Crippen LogP contribution in [0.5, 0.6) is 0 Å². The predicted molar refractivity (Wildman–Crippen MR) is 104 cm³/mol. The van der Waals surface area contributed by atoms with Gasteiger partial charge >= 0.3 is 12.0 Å². The highest BCUT2D eigenvalue weighted by atomic mass is 16.4. The standard InChI is InChI=1S/C21H29N3O3/c25-19(26)21-10-4-5-17(21)14-24(15-21)20(27)22-13-16-8-11-23(12-9-16)18-6-2-1-3-7-18/h1-3,6-7,16-17H,4-5,8-15H2,(H,22,27)(H,25,26)/t17-,21+/m0/s1. The third-order valence-corrected chi connectivity index (χ3v) is 6.86. The van der Waals surface area contributed by atoms with Crippen molar-refractivity contribution in [2.24, 2.45) is 17.3 Å². The first-order valence-corrected chi connectivity index (χ1v) is 10.1. The van der Waals surface area contributed by atoms with Gasteiger partial charge < -0.3 is 20.2 Å². The Bertz CT molecular complexity index is 687. The Kier molecular flexibility index (Phi) is 4.98. The van der Waals surface area contributed by atoms with E-state index in [1.54, 1.807) is 4.90 Å². The Morgan fingerprint density at radius 2 is 1.89 bits per heavy atom. The van der Waals surface area contributed by atoms with Crippen LogP contribution < -0.4 is 10.2 Å². The molecule has 2 atom stereocenters. The lowest BCUT2D eigenvalue weighted by Crippen LogP contribution is -2.44. The highest BCUT2D eigenvalue weighted by molar-refractivity contribution is 5.80. The molecule has 1 aliphatic carbocycles. The van der Waals surface area contributed by atoms with Gasteiger partial charge in [-0.2, -0.15) is 0 Å². The van der Waals surface area contributed by atoms with Gasteiger partial charge in [-0.3, -0.25) is 4.79 Å². The number of nitrogens with zero attached hydrogens (tertiary/aromatic N) is 2. The molecule has 2 aliphatic heterocycles. The first-order chi connectivity index (χ1) is 13.1. The lowest BCUT2D eigenvalue weighted by atomic mass is 9.81. The Hall–Kier alpha value is -2.24. The number of rotatable bonds is 4. The number of likely N-dealkylation sites (tertiary alicyclic amines) is 1. The van der Waals surface area contributed by atoms with Crippen molar-refractivity contribution >= 4 is 17.7 Å². The molecule has 3 fully saturated rings. The molecule has 0 aromatic heterocycles. The van der Waals surface area contributed by atoms with E-state index >= 15 is 0 Å². The molecule has 0 unspecified atom stereocenters. The van der Waals surface area contributed by atoms with Gasteiger partial charge in [-0.25, -0.2) is 4.79 Å². The van der Waals surface area contributed by atoms with Crippen molar-refractivity contribution in [1.82, 2.24) is 10.2 Å². The summed E-state index contributed by atoms with van der Waals surface area (Å²) >= 11 is 0. The van der Waals surface area contributed by atoms with Gasteiger partial charge in [0.15, 0.2) is 0 Å². The molecule has 6 nitrogen and oxygen atoms in total. The number of carboxylic acid groups (broad SMARTS) is 1. The topological polar surface area (TPSA) is 72.9 Å². The van der Waals surface area contributed by atoms with Crippen molar-refractivity contribution in [3.8, 4) is 0 Å². The van der Waals surface area contributed by atoms with E-state index in [4.69, 9.17) is 0 Å². The summed E-state index contributed by atoms with van der Waals surface area (Å²) in [4.78, 5) is 28.5. The van der Waals surface area contributed by atoms with Gasteiger partial charge in [0.05, 0.1) is 5.41 Å². The average Bonchev–Trinajstić information content (AvgIpc) is 3.26. The van der Waals surface area contributed by atoms with E-state index in [0.29, 0.717) is 32.0 Å². The van der Waals surface area contributed by atoms with Crippen LogP contribution in [0.1, 0.15) is 32.1 Å². The zero-order valence-corrected chi connectivity index (χ0v) is 15.8. The van der Waals surface area contributed by atoms with Crippen molar-refractivity contribution in [3.63, 3.8) is 0 Å². The summed E-state index contributed by atoms with van der Waals surface area (Å²) < 4.78 is 0. The van der Waals surface area contributed by atoms with Gasteiger partial charge in [0.1, 0.15) is 0 Å². The number of hydrogen-bond acceptors (Lipinski definition) is 3. The summed E-state index contributed by atoms with van der Waals surface area (Å²) in [6.45, 7) is 3.66. The number of carboxylic acids is 1. The summed E-state index contributed by atoms with van der Waals surface area (Å²) in [6.07, 6.45) is 4.73. The Labute approximate surface area is 160 Å². The summed E-state index contributed by atoms with van der Waals surface area (Å²) in [5.74, 6) is -0.118. The number of carbonyl (C=O) groups excluding carboxylic acids is 1. The van der Waals surface area contributed by atoms with E-state index in [1.165, 1.54) is 5.69 Å². The maximum absolute atomic E-state index is 12.6. The van der Waals surface area contributed by atoms with E-state index in [-0.39, 0.29) is 11.9 Å². The van der Waals surface area contributed by atoms with E-state index in [1.807, 2.05) is 6.07 Å². The number of para-hydroxylation sites is 1. The van der Waals surface area contributed by atoms with E-state index in [9.17, 15) is 14.7 Å². The first kappa shape index (κ1) is 18.1. The number of fused-ring (bicyclic) bond motifs is 1. The molecule has 2 amide bonds. The predicted octanol–water partition coefficient (Wildman–Crippen LogP) is 2.80. The highest BCUT2D eigenvalue weighted by Gasteiger charge is 2.55. The molecular formula is C21H29N3O3. The monoisotopic (exact) mass is 371 g/mol. The van der Waals surface area contributed by atoms with Gasteiger partial charge in [-0.05, 0) is 49.7 Å². The average molecular weight is 371 g/mol. The summed E-state index contributed by atoms with van der Waals surface area (Å²) in [5, 5.41) is 12.7. The maximum atomic E-state index is 12.6. The van der Waals surface area contributed by atoms with Crippen LogP contribution in [-0.2, 0) is 4.79 Å². The first-order valence-electron chi connectivity index (χ1n) is 10.1. The number of anilines is 1. The zero-order chi connectivity index (χ0) is 18.9. The molecule has 27 heavy (non-hydrogen) atoms. The van der Waals surface area contributed by atoms with Crippen LogP contribution in [0.2, 0.25) is 0 Å². The van der Waals surface area contributed by atoms with Crippen LogP contribution in [-0.4, -0.2) is 54.7 Å². The van der Waals surface area contributed by atoms with Crippen LogP contribution in [0, 0.1) is 17.3 Å². The lowest BCUT2D eigenvalue weighted by Gasteiger charge is -2.34. The second-order valence-corrected chi connectivity index (χ2v) is 8.38. The minimum absolute atomic E-state index is 0.0875. The molecule has 1 aromatic carbocycles. The minimum atomic E-state index is -0.728. The Balaban J connectivity index is 1.24. The number of amides is 2. The highest BCUT2D eigenvalue weighted by Crippen LogP contribution is 2.48. The molecule has 3 aliphatic rings. The van der Waals surface area contributed by atoms with E-state index in [2.05, 4.69) is 34.5 Å². The molecule has 0 bridgehead atoms. The second-order valence-electron chi connectivity index (χ2n) is 8.38. The second kappa shape index (κ2) is 7.41. The number of aliphatic carboxylic acids is 1. The van der Waals surface area contributed by atoms with Crippen LogP contribution >= 0.6 is 0 Å². The van der Waals surface area contributed by atoms with Crippen LogP contribution in [0.3, 0.4) is 0 Å². The van der Waals surface area contributed by atoms with Gasteiger partial charge in [0.25, 0.3) is 0 Å². The third kappa shape index (κ3) is 3.49. The van der Waals surface area contributed by atoms with Gasteiger partial charge in [-0.15, -0.1) is 0 Å². The number of urea groups is 1. The van der Waals surface area contributed by atoms with Crippen molar-refractivity contribution in [1.29, 1.82) is 0 Å². The minimum Gasteiger partial charge on any atom is -0.481 e. The van der Waals surface area contributed by atoms with Gasteiger partial charge in [0, 0.05) is 38.4 Å². The molecule has 1 aromatic rings. The SMILES string of the molecule is O=C(NCC1CCN(c2ccccc2)CC1)N1C[C@@H]2CCC[C@@]2(C(=O)O)C1. The fourth-order valence-electron chi connectivity index (χ4n) is 5.17. The smallest absolute Gasteiger partial charge is 0.317 e. The van der Waals surface area contributed by atoms with Gasteiger partial charge in [0.2, 0.25) is 0 Å². The van der Waals surface area contributed by atoms with Crippen molar-refractivity contribution in [2.45, 2.75) is 32.1 Å². The number of hydrogen-bond donors (Lipinski definition) is 2. The maximum Gasteiger partial charge on any atom is 0.317 e. The van der Waals surface area contributed by atoms with E-state index < -0.39 is 11.4 Å². The van der Waals surface area contributed by atoms with Crippen LogP contribution in [0.25, 0.3) is 0 Å². The van der Waals surface area contributed by atoms with Crippen LogP contribution in [0.15, 0.2) is 30.3 Å². The van der Waals surface area contributed by atoms with Crippen LogP contribution in [0.4, 0.5) is 10.5 Å². The molecule has 0 spiro atoms. The Morgan fingerprint density at radius 1 is 1.15 bits per heavy atom. The molecule has 1 saturated carbocycles. The quantitative estimate of drug-likeness (QED) is 0.854. The number of benzene rings is 1. The largest absolute Gasteiger partial charge is 0.481 e. The summed E-state index contributed by atoms with van der Waals surface area (Å²) in [6, 6.07) is 10.4. The normalized spacial score (nSPS) is 28.2. The molecular weight excluding hydrogens is 342 g/mol. The summed E-state index contributed by atoms with van der Waals surface area (Å²) in [5.41, 5.74) is 0.570. The van der Waals surface area contributed by atoms with Gasteiger partial charge in [-0.1, -0.05) is 24.6 Å². The molecule has 6 heteroatoms. The molecule has 0 radical (unpaired) electrons. The lowest BCUT2D eigenvalue weighted by molar-refractivity contribution is -0.149. The fraction of sp³-hybridized carbons (Fsp3) is 0.619. The Morgan fingerprint density at radius 3 is 2.56 bits per heavy atom. The fourth-order valence-corrected chi connectivity index (χ4v) is 5.17. The molecule has 2 saturated heterocycles. The number of piperidine rings is 1. The number of carbonyl (C=O) groups is 2. The van der Waals surface area contributed by atoms with Crippen molar-refractivity contribution < 1.29 is 14.7 Å². The molecule has 2 N–H and O–H groups in total. The number of nitrogens with one attached hydrogen (secondary N) is 1. The molecule has 4 rings (SSSR count).